The number of esters is 1. The molecule has 2 heterocycles. The summed E-state index contributed by atoms with van der Waals surface area (Å²) >= 11 is 0. The van der Waals surface area contributed by atoms with E-state index in [9.17, 15) is 9.59 Å². The Balaban J connectivity index is 1.49. The minimum absolute atomic E-state index is 0.104. The average molecular weight is 424 g/mol. The molecule has 2 aromatic carbocycles. The molecule has 31 heavy (non-hydrogen) atoms. The molecule has 2 aromatic rings. The first-order valence-electron chi connectivity index (χ1n) is 10.0. The molecule has 0 bridgehead atoms. The van der Waals surface area contributed by atoms with Crippen LogP contribution in [-0.4, -0.2) is 61.9 Å². The van der Waals surface area contributed by atoms with Crippen LogP contribution in [0.5, 0.6) is 0 Å². The van der Waals surface area contributed by atoms with Gasteiger partial charge in [0.25, 0.3) is 5.91 Å². The van der Waals surface area contributed by atoms with Gasteiger partial charge in [-0.25, -0.2) is 4.79 Å². The molecule has 8 nitrogen and oxygen atoms in total. The Kier molecular flexibility index (Phi) is 6.31. The summed E-state index contributed by atoms with van der Waals surface area (Å²) in [5, 5.41) is 12.2. The van der Waals surface area contributed by atoms with E-state index in [1.165, 1.54) is 12.0 Å². The quantitative estimate of drug-likeness (QED) is 0.657. The summed E-state index contributed by atoms with van der Waals surface area (Å²) in [7, 11) is 1.27. The van der Waals surface area contributed by atoms with Gasteiger partial charge in [-0.3, -0.25) is 4.79 Å². The van der Waals surface area contributed by atoms with E-state index in [4.69, 9.17) is 19.3 Å². The van der Waals surface area contributed by atoms with Gasteiger partial charge < -0.3 is 29.5 Å². The zero-order valence-electron chi connectivity index (χ0n) is 17.2. The summed E-state index contributed by atoms with van der Waals surface area (Å²) in [6.07, 6.45) is -0.299. The number of hydrogen-bond donors (Lipinski definition) is 2. The third kappa shape index (κ3) is 4.46. The van der Waals surface area contributed by atoms with Crippen molar-refractivity contribution in [3.63, 3.8) is 0 Å². The number of carbonyl (C=O) groups is 2. The lowest BCUT2D eigenvalue weighted by Gasteiger charge is -2.15. The highest BCUT2D eigenvalue weighted by molar-refractivity contribution is 6.08. The number of aliphatic hydroxyl groups excluding tert-OH is 1. The van der Waals surface area contributed by atoms with Gasteiger partial charge in [-0.1, -0.05) is 36.4 Å². The fourth-order valence-electron chi connectivity index (χ4n) is 3.62. The number of nitrogens with one attached hydrogen (secondary N) is 1. The lowest BCUT2D eigenvalue weighted by molar-refractivity contribution is -0.136. The summed E-state index contributed by atoms with van der Waals surface area (Å²) in [6, 6.07) is 15.5. The van der Waals surface area contributed by atoms with Crippen LogP contribution >= 0.6 is 0 Å². The molecule has 0 saturated carbocycles. The fourth-order valence-corrected chi connectivity index (χ4v) is 3.62. The van der Waals surface area contributed by atoms with Gasteiger partial charge in [0.1, 0.15) is 5.70 Å². The fraction of sp³-hybridized carbons (Fsp3) is 0.304. The van der Waals surface area contributed by atoms with Crippen LogP contribution in [0.3, 0.4) is 0 Å². The molecular formula is C23H24N2O6. The van der Waals surface area contributed by atoms with Gasteiger partial charge in [0.05, 0.1) is 39.0 Å². The van der Waals surface area contributed by atoms with Gasteiger partial charge in [0.15, 0.2) is 6.29 Å². The lowest BCUT2D eigenvalue weighted by atomic mass is 10.0. The van der Waals surface area contributed by atoms with Crippen molar-refractivity contribution in [3.8, 4) is 11.1 Å². The lowest BCUT2D eigenvalue weighted by Crippen LogP contribution is -2.31. The molecule has 162 valence electrons. The molecule has 2 aliphatic heterocycles. The summed E-state index contributed by atoms with van der Waals surface area (Å²) < 4.78 is 15.8. The number of aliphatic hydroxyl groups is 1. The highest BCUT2D eigenvalue weighted by atomic mass is 16.7. The Bertz CT molecular complexity index is 978. The number of methoxy groups -OCH3 is 1. The summed E-state index contributed by atoms with van der Waals surface area (Å²) in [6.45, 7) is 1.29. The number of ether oxygens (including phenoxy) is 3. The first-order chi connectivity index (χ1) is 15.1. The van der Waals surface area contributed by atoms with Gasteiger partial charge in [0, 0.05) is 17.8 Å². The third-order valence-corrected chi connectivity index (χ3v) is 5.25. The topological polar surface area (TPSA) is 97.3 Å². The van der Waals surface area contributed by atoms with Crippen LogP contribution in [0.25, 0.3) is 11.1 Å². The Morgan fingerprint density at radius 1 is 1.10 bits per heavy atom. The van der Waals surface area contributed by atoms with Crippen LogP contribution < -0.4 is 5.32 Å². The van der Waals surface area contributed by atoms with Crippen molar-refractivity contribution in [1.29, 1.82) is 0 Å². The molecule has 1 fully saturated rings. The molecule has 2 N–H and O–H groups in total. The van der Waals surface area contributed by atoms with Crippen molar-refractivity contribution in [3.05, 3.63) is 65.4 Å². The van der Waals surface area contributed by atoms with E-state index in [0.717, 1.165) is 16.7 Å². The second-order valence-electron chi connectivity index (χ2n) is 7.19. The van der Waals surface area contributed by atoms with Crippen molar-refractivity contribution in [1.82, 2.24) is 4.90 Å². The van der Waals surface area contributed by atoms with Gasteiger partial charge >= 0.3 is 5.97 Å². The Labute approximate surface area is 180 Å². The van der Waals surface area contributed by atoms with Crippen LogP contribution in [0, 0.1) is 0 Å². The molecule has 0 radical (unpaired) electrons. The zero-order valence-corrected chi connectivity index (χ0v) is 17.2. The molecular weight excluding hydrogens is 400 g/mol. The van der Waals surface area contributed by atoms with E-state index in [1.54, 1.807) is 0 Å². The van der Waals surface area contributed by atoms with Gasteiger partial charge in [-0.2, -0.15) is 0 Å². The van der Waals surface area contributed by atoms with Crippen molar-refractivity contribution >= 4 is 17.6 Å². The Hall–Kier alpha value is -3.20. The van der Waals surface area contributed by atoms with E-state index < -0.39 is 5.97 Å². The molecule has 1 amide bonds. The predicted molar refractivity (Wildman–Crippen MR) is 113 cm³/mol. The summed E-state index contributed by atoms with van der Waals surface area (Å²) in [5.41, 5.74) is 4.12. The largest absolute Gasteiger partial charge is 0.466 e. The molecule has 0 atom stereocenters. The number of benzene rings is 2. The number of anilines is 1. The van der Waals surface area contributed by atoms with Gasteiger partial charge in [-0.15, -0.1) is 0 Å². The van der Waals surface area contributed by atoms with Crippen LogP contribution in [0.4, 0.5) is 5.69 Å². The number of hydrogen-bond acceptors (Lipinski definition) is 7. The van der Waals surface area contributed by atoms with Crippen molar-refractivity contribution in [2.45, 2.75) is 6.29 Å². The second kappa shape index (κ2) is 9.30. The monoisotopic (exact) mass is 424 g/mol. The minimum atomic E-state index is -0.566. The maximum absolute atomic E-state index is 12.6. The summed E-state index contributed by atoms with van der Waals surface area (Å²) in [5.74, 6) is -0.909. The maximum atomic E-state index is 12.6. The van der Waals surface area contributed by atoms with E-state index in [2.05, 4.69) is 5.32 Å². The second-order valence-corrected chi connectivity index (χ2v) is 7.19. The van der Waals surface area contributed by atoms with E-state index in [-0.39, 0.29) is 43.2 Å². The zero-order chi connectivity index (χ0) is 21.8. The van der Waals surface area contributed by atoms with Crippen molar-refractivity contribution in [2.24, 2.45) is 0 Å². The van der Waals surface area contributed by atoms with Gasteiger partial charge in [0.2, 0.25) is 0 Å². The normalized spacial score (nSPS) is 16.8. The number of nitrogens with zero attached hydrogens (tertiary/aromatic N) is 1. The average Bonchev–Trinajstić information content (AvgIpc) is 3.44. The Morgan fingerprint density at radius 3 is 2.29 bits per heavy atom. The first kappa shape index (κ1) is 21.0. The molecule has 0 spiro atoms. The van der Waals surface area contributed by atoms with E-state index >= 15 is 0 Å². The van der Waals surface area contributed by atoms with Crippen LogP contribution in [0.2, 0.25) is 0 Å². The summed E-state index contributed by atoms with van der Waals surface area (Å²) in [4.78, 5) is 26.1. The van der Waals surface area contributed by atoms with E-state index in [1.807, 2.05) is 48.5 Å². The highest BCUT2D eigenvalue weighted by Gasteiger charge is 2.34. The first-order valence-corrected chi connectivity index (χ1v) is 10.0. The molecule has 4 rings (SSSR count). The van der Waals surface area contributed by atoms with E-state index in [0.29, 0.717) is 18.9 Å². The van der Waals surface area contributed by atoms with Crippen molar-refractivity contribution < 1.29 is 28.9 Å². The maximum Gasteiger partial charge on any atom is 0.337 e. The number of carbonyl (C=O) groups excluding carboxylic acids is 2. The number of β-amino-alcohol motifs (C(OH)–C–C–N with tert-alkyl or cyclic N) is 1. The van der Waals surface area contributed by atoms with Crippen LogP contribution in [0.15, 0.2) is 59.8 Å². The number of rotatable bonds is 7. The molecule has 0 aliphatic carbocycles. The smallest absolute Gasteiger partial charge is 0.337 e. The molecule has 1 saturated heterocycles. The minimum Gasteiger partial charge on any atom is -0.466 e. The van der Waals surface area contributed by atoms with Crippen LogP contribution in [-0.2, 0) is 23.8 Å². The predicted octanol–water partition coefficient (Wildman–Crippen LogP) is 2.07. The van der Waals surface area contributed by atoms with Gasteiger partial charge in [-0.05, 0) is 23.3 Å². The van der Waals surface area contributed by atoms with Crippen LogP contribution in [0.1, 0.15) is 11.9 Å². The third-order valence-electron chi connectivity index (χ3n) is 5.25. The SMILES string of the molecule is COC(=O)C1=C(Nc2ccc(-c3ccc(C4OCCO4)cc3)cc2)C(=O)N(CCO)C1. The number of amides is 1. The molecule has 2 aliphatic rings. The molecule has 0 aromatic heterocycles. The Morgan fingerprint density at radius 2 is 1.71 bits per heavy atom. The molecule has 8 heteroatoms. The standard InChI is InChI=1S/C23H24N2O6/c1-29-22(28)19-14-25(10-11-26)21(27)20(19)24-18-8-6-16(7-9-18)15-2-4-17(5-3-15)23-30-12-13-31-23/h2-9,23-24,26H,10-14H2,1H3. The highest BCUT2D eigenvalue weighted by Crippen LogP contribution is 2.28. The molecule has 0 unspecified atom stereocenters. The van der Waals surface area contributed by atoms with Crippen molar-refractivity contribution in [2.75, 3.05) is 45.3 Å².